The number of hydrogen-bond donors (Lipinski definition) is 0. The molecule has 0 bridgehead atoms. The lowest BCUT2D eigenvalue weighted by Crippen LogP contribution is -2.29. The monoisotopic (exact) mass is 272 g/mol. The summed E-state index contributed by atoms with van der Waals surface area (Å²) in [7, 11) is 3.35. The highest BCUT2D eigenvalue weighted by atomic mass is 79.9. The van der Waals surface area contributed by atoms with E-state index < -0.39 is 0 Å². The molecule has 1 heterocycles. The third kappa shape index (κ3) is 3.60. The molecule has 1 aromatic rings. The molecule has 0 atom stereocenters. The minimum atomic E-state index is -0.0490. The summed E-state index contributed by atoms with van der Waals surface area (Å²) in [6.45, 7) is 1.11. The number of carbonyl (C=O) groups excluding carboxylic acids is 1. The smallest absolute Gasteiger partial charge is 0.255 e. The van der Waals surface area contributed by atoms with Crippen molar-refractivity contribution in [1.29, 1.82) is 0 Å². The summed E-state index contributed by atoms with van der Waals surface area (Å²) >= 11 is 3.22. The van der Waals surface area contributed by atoms with E-state index >= 15 is 0 Å². The Balaban J connectivity index is 2.63. The number of amides is 1. The van der Waals surface area contributed by atoms with Gasteiger partial charge in [-0.25, -0.2) is 4.98 Å². The third-order valence-electron chi connectivity index (χ3n) is 1.95. The van der Waals surface area contributed by atoms with Crippen LogP contribution in [-0.4, -0.2) is 43.1 Å². The molecule has 0 aliphatic rings. The molecule has 4 nitrogen and oxygen atoms in total. The Hall–Kier alpha value is -0.940. The average Bonchev–Trinajstić information content (AvgIpc) is 2.26. The molecule has 0 N–H and O–H groups in total. The summed E-state index contributed by atoms with van der Waals surface area (Å²) in [6.07, 6.45) is 1.55. The van der Waals surface area contributed by atoms with Crippen LogP contribution in [0.1, 0.15) is 10.4 Å². The summed E-state index contributed by atoms with van der Waals surface area (Å²) < 4.78 is 5.62. The predicted octanol–water partition coefficient (Wildman–Crippen LogP) is 1.56. The molecule has 15 heavy (non-hydrogen) atoms. The Morgan fingerprint density at radius 2 is 2.33 bits per heavy atom. The molecular formula is C10H13BrN2O2. The second kappa shape index (κ2) is 5.82. The van der Waals surface area contributed by atoms with E-state index in [-0.39, 0.29) is 5.91 Å². The maximum absolute atomic E-state index is 11.8. The van der Waals surface area contributed by atoms with E-state index in [1.807, 2.05) is 0 Å². The summed E-state index contributed by atoms with van der Waals surface area (Å²) in [5.74, 6) is -0.0490. The average molecular weight is 273 g/mol. The minimum Gasteiger partial charge on any atom is -0.383 e. The normalized spacial score (nSPS) is 10.1. The van der Waals surface area contributed by atoms with Crippen molar-refractivity contribution in [1.82, 2.24) is 9.88 Å². The van der Waals surface area contributed by atoms with Crippen molar-refractivity contribution in [2.75, 3.05) is 27.3 Å². The fraction of sp³-hybridized carbons (Fsp3) is 0.400. The van der Waals surface area contributed by atoms with Crippen molar-refractivity contribution >= 4 is 21.8 Å². The Labute approximate surface area is 97.4 Å². The SMILES string of the molecule is COCCN(C)C(=O)c1ccc(Br)nc1. The van der Waals surface area contributed by atoms with E-state index in [9.17, 15) is 4.79 Å². The number of hydrogen-bond acceptors (Lipinski definition) is 3. The van der Waals surface area contributed by atoms with Crippen molar-refractivity contribution in [3.05, 3.63) is 28.5 Å². The number of pyridine rings is 1. The zero-order valence-corrected chi connectivity index (χ0v) is 10.3. The topological polar surface area (TPSA) is 42.4 Å². The van der Waals surface area contributed by atoms with Gasteiger partial charge in [-0.1, -0.05) is 0 Å². The molecular weight excluding hydrogens is 260 g/mol. The van der Waals surface area contributed by atoms with E-state index in [2.05, 4.69) is 20.9 Å². The molecule has 0 fully saturated rings. The second-order valence-corrected chi connectivity index (χ2v) is 3.90. The van der Waals surface area contributed by atoms with Crippen LogP contribution >= 0.6 is 15.9 Å². The van der Waals surface area contributed by atoms with Gasteiger partial charge in [-0.15, -0.1) is 0 Å². The fourth-order valence-corrected chi connectivity index (χ4v) is 1.29. The van der Waals surface area contributed by atoms with Gasteiger partial charge in [0.2, 0.25) is 0 Å². The number of carbonyl (C=O) groups is 1. The molecule has 0 unspecified atom stereocenters. The zero-order chi connectivity index (χ0) is 11.3. The number of likely N-dealkylation sites (N-methyl/N-ethyl adjacent to an activating group) is 1. The molecule has 5 heteroatoms. The Kier molecular flexibility index (Phi) is 4.71. The highest BCUT2D eigenvalue weighted by molar-refractivity contribution is 9.10. The molecule has 1 aromatic heterocycles. The quantitative estimate of drug-likeness (QED) is 0.782. The lowest BCUT2D eigenvalue weighted by Gasteiger charge is -2.16. The first-order chi connectivity index (χ1) is 7.15. The maximum atomic E-state index is 11.8. The summed E-state index contributed by atoms with van der Waals surface area (Å²) in [5, 5.41) is 0. The Morgan fingerprint density at radius 3 is 2.87 bits per heavy atom. The number of nitrogens with zero attached hydrogens (tertiary/aromatic N) is 2. The molecule has 0 spiro atoms. The highest BCUT2D eigenvalue weighted by Crippen LogP contribution is 2.07. The van der Waals surface area contributed by atoms with Crippen LogP contribution in [-0.2, 0) is 4.74 Å². The van der Waals surface area contributed by atoms with E-state index in [0.717, 1.165) is 4.60 Å². The predicted molar refractivity (Wildman–Crippen MR) is 60.8 cm³/mol. The van der Waals surface area contributed by atoms with Crippen molar-refractivity contribution in [2.24, 2.45) is 0 Å². The van der Waals surface area contributed by atoms with E-state index in [1.54, 1.807) is 37.4 Å². The summed E-state index contributed by atoms with van der Waals surface area (Å²) in [6, 6.07) is 3.49. The van der Waals surface area contributed by atoms with Gasteiger partial charge in [0, 0.05) is 26.9 Å². The van der Waals surface area contributed by atoms with Gasteiger partial charge in [-0.2, -0.15) is 0 Å². The van der Waals surface area contributed by atoms with Crippen LogP contribution in [0.25, 0.3) is 0 Å². The molecule has 0 aromatic carbocycles. The Bertz CT molecular complexity index is 327. The first-order valence-corrected chi connectivity index (χ1v) is 5.30. The number of ether oxygens (including phenoxy) is 1. The number of rotatable bonds is 4. The van der Waals surface area contributed by atoms with Crippen LogP contribution in [0.4, 0.5) is 0 Å². The van der Waals surface area contributed by atoms with Crippen molar-refractivity contribution in [2.45, 2.75) is 0 Å². The van der Waals surface area contributed by atoms with Gasteiger partial charge in [0.25, 0.3) is 5.91 Å². The van der Waals surface area contributed by atoms with Crippen LogP contribution in [0.3, 0.4) is 0 Å². The molecule has 0 saturated heterocycles. The fourth-order valence-electron chi connectivity index (χ4n) is 1.05. The van der Waals surface area contributed by atoms with Crippen LogP contribution in [0.5, 0.6) is 0 Å². The van der Waals surface area contributed by atoms with E-state index in [0.29, 0.717) is 18.7 Å². The highest BCUT2D eigenvalue weighted by Gasteiger charge is 2.10. The Morgan fingerprint density at radius 1 is 1.60 bits per heavy atom. The first kappa shape index (κ1) is 12.1. The number of halogens is 1. The summed E-state index contributed by atoms with van der Waals surface area (Å²) in [4.78, 5) is 17.4. The number of methoxy groups -OCH3 is 1. The minimum absolute atomic E-state index is 0.0490. The standard InChI is InChI=1S/C10H13BrN2O2/c1-13(5-6-15-2)10(14)8-3-4-9(11)12-7-8/h3-4,7H,5-6H2,1-2H3. The van der Waals surface area contributed by atoms with Crippen LogP contribution in [0, 0.1) is 0 Å². The molecule has 1 rings (SSSR count). The molecule has 0 aliphatic heterocycles. The van der Waals surface area contributed by atoms with Gasteiger partial charge >= 0.3 is 0 Å². The van der Waals surface area contributed by atoms with Gasteiger partial charge in [-0.05, 0) is 28.1 Å². The largest absolute Gasteiger partial charge is 0.383 e. The van der Waals surface area contributed by atoms with E-state index in [1.165, 1.54) is 0 Å². The molecule has 0 saturated carbocycles. The van der Waals surface area contributed by atoms with Crippen LogP contribution in [0.15, 0.2) is 22.9 Å². The van der Waals surface area contributed by atoms with Crippen molar-refractivity contribution in [3.63, 3.8) is 0 Å². The second-order valence-electron chi connectivity index (χ2n) is 3.09. The molecule has 82 valence electrons. The van der Waals surface area contributed by atoms with E-state index in [4.69, 9.17) is 4.74 Å². The van der Waals surface area contributed by atoms with Gasteiger partial charge in [-0.3, -0.25) is 4.79 Å². The van der Waals surface area contributed by atoms with Gasteiger partial charge in [0.15, 0.2) is 0 Å². The van der Waals surface area contributed by atoms with Crippen molar-refractivity contribution in [3.8, 4) is 0 Å². The zero-order valence-electron chi connectivity index (χ0n) is 8.74. The van der Waals surface area contributed by atoms with Crippen LogP contribution < -0.4 is 0 Å². The lowest BCUT2D eigenvalue weighted by molar-refractivity contribution is 0.0744. The van der Waals surface area contributed by atoms with Gasteiger partial charge in [0.05, 0.1) is 12.2 Å². The molecule has 0 radical (unpaired) electrons. The number of aromatic nitrogens is 1. The molecule has 0 aliphatic carbocycles. The van der Waals surface area contributed by atoms with Gasteiger partial charge < -0.3 is 9.64 Å². The van der Waals surface area contributed by atoms with Crippen molar-refractivity contribution < 1.29 is 9.53 Å². The third-order valence-corrected chi connectivity index (χ3v) is 2.42. The maximum Gasteiger partial charge on any atom is 0.255 e. The van der Waals surface area contributed by atoms with Crippen LogP contribution in [0.2, 0.25) is 0 Å². The first-order valence-electron chi connectivity index (χ1n) is 4.51. The molecule has 1 amide bonds. The summed E-state index contributed by atoms with van der Waals surface area (Å²) in [5.41, 5.74) is 0.580. The lowest BCUT2D eigenvalue weighted by atomic mass is 10.2. The van der Waals surface area contributed by atoms with Gasteiger partial charge in [0.1, 0.15) is 4.60 Å².